The van der Waals surface area contributed by atoms with E-state index in [2.05, 4.69) is 20.0 Å². The van der Waals surface area contributed by atoms with Crippen LogP contribution in [-0.2, 0) is 5.54 Å². The highest BCUT2D eigenvalue weighted by molar-refractivity contribution is 8.29. The molecular formula is C23H30ClFN6O2S. The number of carbonyl (C=O) groups is 1. The fourth-order valence-corrected chi connectivity index (χ4v) is 8.39. The maximum absolute atomic E-state index is 15.3. The van der Waals surface area contributed by atoms with Gasteiger partial charge in [0, 0.05) is 12.7 Å². The lowest BCUT2D eigenvalue weighted by Gasteiger charge is -2.58. The van der Waals surface area contributed by atoms with E-state index in [0.29, 0.717) is 23.6 Å². The van der Waals surface area contributed by atoms with Gasteiger partial charge in [-0.25, -0.2) is 14.4 Å². The van der Waals surface area contributed by atoms with Crippen LogP contribution in [0.2, 0.25) is 5.02 Å². The lowest BCUT2D eigenvalue weighted by molar-refractivity contribution is 0.102. The summed E-state index contributed by atoms with van der Waals surface area (Å²) < 4.78 is 29.8. The highest BCUT2D eigenvalue weighted by Crippen LogP contribution is 2.66. The summed E-state index contributed by atoms with van der Waals surface area (Å²) in [5.41, 5.74) is 5.98. The molecule has 8 nitrogen and oxygen atoms in total. The first-order valence-corrected chi connectivity index (χ1v) is 13.2. The number of amidine groups is 1. The average Bonchev–Trinajstić information content (AvgIpc) is 2.97. The van der Waals surface area contributed by atoms with Crippen molar-refractivity contribution in [1.29, 1.82) is 0 Å². The maximum Gasteiger partial charge on any atom is 0.275 e. The van der Waals surface area contributed by atoms with Gasteiger partial charge in [0.25, 0.3) is 5.91 Å². The minimum atomic E-state index is -2.53. The second-order valence-electron chi connectivity index (χ2n) is 9.46. The molecule has 1 fully saturated rings. The summed E-state index contributed by atoms with van der Waals surface area (Å²) in [7, 11) is -2.53. The molecule has 4 rings (SSSR count). The molecule has 3 atom stereocenters. The van der Waals surface area contributed by atoms with Crippen molar-refractivity contribution in [2.24, 2.45) is 10.7 Å². The van der Waals surface area contributed by atoms with Crippen LogP contribution < -0.4 is 15.8 Å². The van der Waals surface area contributed by atoms with Gasteiger partial charge in [0.1, 0.15) is 34.4 Å². The van der Waals surface area contributed by atoms with Crippen molar-refractivity contribution in [3.05, 3.63) is 52.2 Å². The first kappa shape index (κ1) is 24.8. The maximum atomic E-state index is 15.3. The fourth-order valence-electron chi connectivity index (χ4n) is 4.75. The molecule has 34 heavy (non-hydrogen) atoms. The standard InChI is InChI=1S/C23H30ClFN6O2S/c1-13-11-14(24)12-27-18(13)20(32)30-17-9-8-15(25)19(29-17)23(4)16-7-5-6-10-28-34(16,33)22(2,3)21(26)31-23/h8-9,11-12,16,28,33H,5-7,10H2,1-4H3,(H2,26,31)(H,29,30,32)/t16-,23+/m1/s1. The lowest BCUT2D eigenvalue weighted by atomic mass is 9.88. The molecule has 2 aliphatic rings. The number of pyridine rings is 2. The summed E-state index contributed by atoms with van der Waals surface area (Å²) in [5.74, 6) is -0.675. The van der Waals surface area contributed by atoms with Crippen molar-refractivity contribution >= 4 is 39.7 Å². The monoisotopic (exact) mass is 508 g/mol. The van der Waals surface area contributed by atoms with Gasteiger partial charge in [-0.2, -0.15) is 0 Å². The first-order chi connectivity index (χ1) is 15.9. The molecule has 11 heteroatoms. The number of carbonyl (C=O) groups excluding carboxylic acids is 1. The van der Waals surface area contributed by atoms with Crippen LogP contribution in [0.3, 0.4) is 0 Å². The largest absolute Gasteiger partial charge is 0.386 e. The summed E-state index contributed by atoms with van der Waals surface area (Å²) in [6, 6.07) is 4.27. The Morgan fingerprint density at radius 3 is 2.79 bits per heavy atom. The third kappa shape index (κ3) is 3.96. The van der Waals surface area contributed by atoms with Crippen molar-refractivity contribution in [1.82, 2.24) is 14.7 Å². The fraction of sp³-hybridized carbons (Fsp3) is 0.478. The number of aromatic nitrogens is 2. The minimum absolute atomic E-state index is 0.0316. The van der Waals surface area contributed by atoms with E-state index in [9.17, 15) is 9.35 Å². The Morgan fingerprint density at radius 1 is 1.35 bits per heavy atom. The molecule has 2 aromatic rings. The summed E-state index contributed by atoms with van der Waals surface area (Å²) >= 11 is 5.94. The van der Waals surface area contributed by atoms with Crippen LogP contribution in [0.25, 0.3) is 0 Å². The molecule has 184 valence electrons. The Morgan fingerprint density at radius 2 is 2.09 bits per heavy atom. The van der Waals surface area contributed by atoms with Crippen LogP contribution in [0.4, 0.5) is 10.2 Å². The van der Waals surface area contributed by atoms with Crippen molar-refractivity contribution in [2.75, 3.05) is 11.9 Å². The number of hydrogen-bond donors (Lipinski definition) is 4. The van der Waals surface area contributed by atoms with Gasteiger partial charge in [0.15, 0.2) is 0 Å². The molecule has 0 saturated carbocycles. The van der Waals surface area contributed by atoms with Gasteiger partial charge < -0.3 is 15.6 Å². The van der Waals surface area contributed by atoms with E-state index in [-0.39, 0.29) is 23.0 Å². The summed E-state index contributed by atoms with van der Waals surface area (Å²) in [4.78, 5) is 26.1. The number of anilines is 1. The number of halogens is 2. The SMILES string of the molecule is Cc1cc(Cl)cnc1C(=O)Nc1ccc(F)c([C@@]2(C)N=C(N)C(C)(C)[S@@]3(O)NCCCC[C@H]23)n1. The third-order valence-corrected chi connectivity index (χ3v) is 11.0. The Bertz CT molecular complexity index is 1180. The highest BCUT2D eigenvalue weighted by atomic mass is 35.5. The molecule has 5 N–H and O–H groups in total. The second kappa shape index (κ2) is 8.75. The number of amides is 1. The molecule has 0 unspecified atom stereocenters. The smallest absolute Gasteiger partial charge is 0.275 e. The molecule has 1 amide bonds. The van der Waals surface area contributed by atoms with Crippen molar-refractivity contribution in [3.8, 4) is 0 Å². The van der Waals surface area contributed by atoms with E-state index < -0.39 is 37.8 Å². The van der Waals surface area contributed by atoms with Gasteiger partial charge in [-0.1, -0.05) is 28.5 Å². The molecule has 0 radical (unpaired) electrons. The number of rotatable bonds is 3. The Labute approximate surface area is 205 Å². The molecule has 0 aromatic carbocycles. The number of aliphatic imine (C=N–C) groups is 1. The minimum Gasteiger partial charge on any atom is -0.386 e. The molecule has 0 aliphatic carbocycles. The number of aryl methyl sites for hydroxylation is 1. The van der Waals surface area contributed by atoms with Crippen LogP contribution in [0.5, 0.6) is 0 Å². The topological polar surface area (TPSA) is 126 Å². The Kier molecular flexibility index (Phi) is 6.39. The second-order valence-corrected chi connectivity index (χ2v) is 13.0. The zero-order valence-electron chi connectivity index (χ0n) is 19.7. The molecule has 2 aromatic heterocycles. The number of fused-ring (bicyclic) bond motifs is 1. The van der Waals surface area contributed by atoms with Gasteiger partial charge in [-0.3, -0.25) is 14.5 Å². The summed E-state index contributed by atoms with van der Waals surface area (Å²) in [6.07, 6.45) is 3.77. The molecule has 0 bridgehead atoms. The molecular weight excluding hydrogens is 479 g/mol. The van der Waals surface area contributed by atoms with E-state index in [1.807, 2.05) is 13.8 Å². The lowest BCUT2D eigenvalue weighted by Crippen LogP contribution is -2.60. The van der Waals surface area contributed by atoms with E-state index in [4.69, 9.17) is 22.3 Å². The van der Waals surface area contributed by atoms with Crippen LogP contribution in [0.1, 0.15) is 61.8 Å². The van der Waals surface area contributed by atoms with E-state index in [1.165, 1.54) is 18.3 Å². The Balaban J connectivity index is 1.77. The van der Waals surface area contributed by atoms with Crippen molar-refractivity contribution in [3.63, 3.8) is 0 Å². The number of hydrogen-bond acceptors (Lipinski definition) is 7. The highest BCUT2D eigenvalue weighted by Gasteiger charge is 2.59. The zero-order chi connectivity index (χ0) is 24.9. The molecule has 0 spiro atoms. The zero-order valence-corrected chi connectivity index (χ0v) is 21.2. The van der Waals surface area contributed by atoms with E-state index in [1.54, 1.807) is 19.9 Å². The Hall–Kier alpha value is -2.27. The predicted octanol–water partition coefficient (Wildman–Crippen LogP) is 4.53. The summed E-state index contributed by atoms with van der Waals surface area (Å²) in [6.45, 7) is 7.87. The van der Waals surface area contributed by atoms with Gasteiger partial charge in [0.2, 0.25) is 0 Å². The van der Waals surface area contributed by atoms with Gasteiger partial charge in [-0.05, 0) is 64.3 Å². The predicted molar refractivity (Wildman–Crippen MR) is 135 cm³/mol. The first-order valence-electron chi connectivity index (χ1n) is 11.2. The molecule has 2 aliphatic heterocycles. The van der Waals surface area contributed by atoms with Crippen LogP contribution >= 0.6 is 22.1 Å². The van der Waals surface area contributed by atoms with E-state index in [0.717, 1.165) is 12.8 Å². The quantitative estimate of drug-likeness (QED) is 0.482. The van der Waals surface area contributed by atoms with Crippen LogP contribution in [-0.4, -0.2) is 42.8 Å². The molecule has 4 heterocycles. The van der Waals surface area contributed by atoms with E-state index >= 15 is 4.39 Å². The molecule has 1 saturated heterocycles. The van der Waals surface area contributed by atoms with Gasteiger partial charge in [-0.15, -0.1) is 0 Å². The van der Waals surface area contributed by atoms with Gasteiger partial charge in [0.05, 0.1) is 15.0 Å². The van der Waals surface area contributed by atoms with Crippen LogP contribution in [0, 0.1) is 12.7 Å². The average molecular weight is 509 g/mol. The summed E-state index contributed by atoms with van der Waals surface area (Å²) in [5, 5.41) is 2.69. The number of nitrogens with zero attached hydrogens (tertiary/aromatic N) is 3. The van der Waals surface area contributed by atoms with Crippen molar-refractivity contribution in [2.45, 2.75) is 62.5 Å². The normalized spacial score (nSPS) is 28.4. The van der Waals surface area contributed by atoms with Crippen LogP contribution in [0.15, 0.2) is 29.4 Å². The van der Waals surface area contributed by atoms with Crippen molar-refractivity contribution < 1.29 is 13.7 Å². The third-order valence-electron chi connectivity index (χ3n) is 6.83. The van der Waals surface area contributed by atoms with Gasteiger partial charge >= 0.3 is 0 Å². The number of nitrogens with two attached hydrogens (primary N) is 1. The number of nitrogens with one attached hydrogen (secondary N) is 2.